The van der Waals surface area contributed by atoms with Crippen LogP contribution in [-0.2, 0) is 22.4 Å². The van der Waals surface area contributed by atoms with Crippen LogP contribution in [0.1, 0.15) is 39.4 Å². The number of carbonyl (C=O) groups excluding carboxylic acids is 2. The van der Waals surface area contributed by atoms with Crippen LogP contribution in [0.15, 0.2) is 24.3 Å². The second kappa shape index (κ2) is 8.21. The first kappa shape index (κ1) is 18.2. The van der Waals surface area contributed by atoms with E-state index < -0.39 is 11.9 Å². The number of carbonyl (C=O) groups is 2. The third kappa shape index (κ3) is 4.54. The van der Waals surface area contributed by atoms with Crippen molar-refractivity contribution in [1.29, 1.82) is 0 Å². The number of para-hydroxylation sites is 1. The number of anilines is 1. The molecule has 0 aliphatic heterocycles. The van der Waals surface area contributed by atoms with E-state index >= 15 is 0 Å². The van der Waals surface area contributed by atoms with Crippen molar-refractivity contribution in [3.63, 3.8) is 0 Å². The molecule has 7 heteroatoms. The largest absolute Gasteiger partial charge is 0.451 e. The molecule has 0 bridgehead atoms. The van der Waals surface area contributed by atoms with Crippen LogP contribution >= 0.6 is 34.5 Å². The number of hydrogen-bond acceptors (Lipinski definition) is 4. The Kier molecular flexibility index (Phi) is 5.99. The zero-order chi connectivity index (χ0) is 17.8. The molecule has 0 saturated heterocycles. The smallest absolute Gasteiger partial charge is 0.348 e. The highest BCUT2D eigenvalue weighted by Gasteiger charge is 2.18. The van der Waals surface area contributed by atoms with Crippen molar-refractivity contribution in [2.24, 2.45) is 0 Å². The van der Waals surface area contributed by atoms with Gasteiger partial charge in [0.2, 0.25) is 0 Å². The molecular formula is C18H17Cl2NO3S. The number of nitrogens with one attached hydrogen (secondary N) is 1. The molecule has 132 valence electrons. The lowest BCUT2D eigenvalue weighted by molar-refractivity contribution is -0.119. The predicted octanol–water partition coefficient (Wildman–Crippen LogP) is 5.12. The summed E-state index contributed by atoms with van der Waals surface area (Å²) < 4.78 is 5.12. The molecule has 1 aromatic carbocycles. The molecule has 1 N–H and O–H groups in total. The van der Waals surface area contributed by atoms with Crippen LogP contribution in [0.3, 0.4) is 0 Å². The van der Waals surface area contributed by atoms with Gasteiger partial charge in [-0.3, -0.25) is 4.79 Å². The molecule has 2 aromatic rings. The quantitative estimate of drug-likeness (QED) is 0.575. The van der Waals surface area contributed by atoms with Crippen molar-refractivity contribution in [2.75, 3.05) is 11.9 Å². The Balaban J connectivity index is 1.58. The minimum Gasteiger partial charge on any atom is -0.451 e. The minimum atomic E-state index is -0.485. The summed E-state index contributed by atoms with van der Waals surface area (Å²) in [5.41, 5.74) is 1.55. The van der Waals surface area contributed by atoms with Gasteiger partial charge < -0.3 is 10.1 Å². The molecular weight excluding hydrogens is 381 g/mol. The maximum absolute atomic E-state index is 12.2. The van der Waals surface area contributed by atoms with Gasteiger partial charge in [0.05, 0.1) is 15.7 Å². The minimum absolute atomic E-state index is 0.315. The van der Waals surface area contributed by atoms with Crippen LogP contribution in [-0.4, -0.2) is 18.5 Å². The van der Waals surface area contributed by atoms with Gasteiger partial charge in [0.15, 0.2) is 6.61 Å². The van der Waals surface area contributed by atoms with Crippen molar-refractivity contribution in [1.82, 2.24) is 0 Å². The van der Waals surface area contributed by atoms with E-state index in [1.165, 1.54) is 28.2 Å². The third-order valence-electron chi connectivity index (χ3n) is 4.01. The Hall–Kier alpha value is -1.56. The van der Waals surface area contributed by atoms with E-state index in [1.807, 2.05) is 6.07 Å². The summed E-state index contributed by atoms with van der Waals surface area (Å²) >= 11 is 13.5. The first-order valence-electron chi connectivity index (χ1n) is 8.07. The first-order valence-corrected chi connectivity index (χ1v) is 9.64. The van der Waals surface area contributed by atoms with Crippen molar-refractivity contribution in [3.8, 4) is 0 Å². The number of amides is 1. The Morgan fingerprint density at radius 2 is 1.84 bits per heavy atom. The fourth-order valence-corrected chi connectivity index (χ4v) is 4.40. The standard InChI is InChI=1S/C18H17Cl2NO3S/c19-12-6-4-7-13(20)17(12)21-16(22)10-24-18(23)15-9-11-5-2-1-3-8-14(11)25-15/h4,6-7,9H,1-3,5,8,10H2,(H,21,22). The number of hydrogen-bond donors (Lipinski definition) is 1. The van der Waals surface area contributed by atoms with E-state index in [0.717, 1.165) is 25.7 Å². The molecule has 4 nitrogen and oxygen atoms in total. The summed E-state index contributed by atoms with van der Waals surface area (Å²) in [6.45, 7) is -0.386. The van der Waals surface area contributed by atoms with Gasteiger partial charge in [-0.15, -0.1) is 11.3 Å². The Morgan fingerprint density at radius 1 is 1.12 bits per heavy atom. The molecule has 0 radical (unpaired) electrons. The molecule has 3 rings (SSSR count). The molecule has 1 heterocycles. The van der Waals surface area contributed by atoms with Gasteiger partial charge >= 0.3 is 5.97 Å². The van der Waals surface area contributed by atoms with Crippen LogP contribution in [0.25, 0.3) is 0 Å². The molecule has 0 fully saturated rings. The second-order valence-electron chi connectivity index (χ2n) is 5.84. The maximum atomic E-state index is 12.2. The van der Waals surface area contributed by atoms with Gasteiger partial charge in [0.1, 0.15) is 4.88 Å². The molecule has 0 spiro atoms. The lowest BCUT2D eigenvalue weighted by Gasteiger charge is -2.09. The monoisotopic (exact) mass is 397 g/mol. The van der Waals surface area contributed by atoms with Gasteiger partial charge in [-0.05, 0) is 49.4 Å². The number of halogens is 2. The van der Waals surface area contributed by atoms with Crippen molar-refractivity contribution < 1.29 is 14.3 Å². The summed E-state index contributed by atoms with van der Waals surface area (Å²) in [4.78, 5) is 26.0. The first-order chi connectivity index (χ1) is 12.0. The fourth-order valence-electron chi connectivity index (χ4n) is 2.76. The normalized spacial score (nSPS) is 13.7. The van der Waals surface area contributed by atoms with E-state index in [9.17, 15) is 9.59 Å². The lowest BCUT2D eigenvalue weighted by atomic mass is 10.1. The van der Waals surface area contributed by atoms with E-state index in [0.29, 0.717) is 20.6 Å². The highest BCUT2D eigenvalue weighted by molar-refractivity contribution is 7.14. The summed E-state index contributed by atoms with van der Waals surface area (Å²) in [7, 11) is 0. The lowest BCUT2D eigenvalue weighted by Crippen LogP contribution is -2.21. The summed E-state index contributed by atoms with van der Waals surface area (Å²) in [5, 5.41) is 3.22. The summed E-state index contributed by atoms with van der Waals surface area (Å²) in [6.07, 6.45) is 5.55. The van der Waals surface area contributed by atoms with Gasteiger partial charge in [-0.1, -0.05) is 35.7 Å². The highest BCUT2D eigenvalue weighted by Crippen LogP contribution is 2.30. The molecule has 25 heavy (non-hydrogen) atoms. The van der Waals surface area contributed by atoms with Crippen LogP contribution in [0.5, 0.6) is 0 Å². The predicted molar refractivity (Wildman–Crippen MR) is 101 cm³/mol. The number of rotatable bonds is 4. The topological polar surface area (TPSA) is 55.4 Å². The second-order valence-corrected chi connectivity index (χ2v) is 7.79. The zero-order valence-corrected chi connectivity index (χ0v) is 15.8. The molecule has 0 atom stereocenters. The van der Waals surface area contributed by atoms with Crippen molar-refractivity contribution >= 4 is 52.1 Å². The van der Waals surface area contributed by atoms with Crippen LogP contribution in [0.4, 0.5) is 5.69 Å². The van der Waals surface area contributed by atoms with Crippen LogP contribution in [0, 0.1) is 0 Å². The van der Waals surface area contributed by atoms with Crippen LogP contribution < -0.4 is 5.32 Å². The molecule has 0 saturated carbocycles. The number of aryl methyl sites for hydroxylation is 2. The Labute approximate surface area is 160 Å². The Bertz CT molecular complexity index is 760. The van der Waals surface area contributed by atoms with E-state index in [-0.39, 0.29) is 6.61 Å². The number of fused-ring (bicyclic) bond motifs is 1. The fraction of sp³-hybridized carbons (Fsp3) is 0.333. The number of thiophene rings is 1. The maximum Gasteiger partial charge on any atom is 0.348 e. The number of benzene rings is 1. The third-order valence-corrected chi connectivity index (χ3v) is 5.86. The molecule has 1 aliphatic carbocycles. The van der Waals surface area contributed by atoms with E-state index in [2.05, 4.69) is 5.32 Å². The molecule has 1 aromatic heterocycles. The van der Waals surface area contributed by atoms with E-state index in [1.54, 1.807) is 18.2 Å². The Morgan fingerprint density at radius 3 is 2.60 bits per heavy atom. The SMILES string of the molecule is O=C(COC(=O)c1cc2c(s1)CCCCC2)Nc1c(Cl)cccc1Cl. The number of esters is 1. The average Bonchev–Trinajstić information content (AvgIpc) is 2.87. The van der Waals surface area contributed by atoms with Crippen LogP contribution in [0.2, 0.25) is 10.0 Å². The number of ether oxygens (including phenoxy) is 1. The van der Waals surface area contributed by atoms with Crippen molar-refractivity contribution in [3.05, 3.63) is 49.6 Å². The van der Waals surface area contributed by atoms with Gasteiger partial charge in [-0.25, -0.2) is 4.79 Å². The van der Waals surface area contributed by atoms with Gasteiger partial charge in [0, 0.05) is 4.88 Å². The van der Waals surface area contributed by atoms with Crippen molar-refractivity contribution in [2.45, 2.75) is 32.1 Å². The molecule has 1 amide bonds. The zero-order valence-electron chi connectivity index (χ0n) is 13.4. The van der Waals surface area contributed by atoms with Gasteiger partial charge in [-0.2, -0.15) is 0 Å². The summed E-state index contributed by atoms with van der Waals surface area (Å²) in [6, 6.07) is 6.82. The van der Waals surface area contributed by atoms with E-state index in [4.69, 9.17) is 27.9 Å². The van der Waals surface area contributed by atoms with Gasteiger partial charge in [0.25, 0.3) is 5.91 Å². The molecule has 0 unspecified atom stereocenters. The summed E-state index contributed by atoms with van der Waals surface area (Å²) in [5.74, 6) is -0.958. The average molecular weight is 398 g/mol. The highest BCUT2D eigenvalue weighted by atomic mass is 35.5. The molecule has 1 aliphatic rings.